The number of aliphatic hydroxyl groups is 1. The lowest BCUT2D eigenvalue weighted by Crippen LogP contribution is -2.61. The number of rotatable bonds is 4. The minimum absolute atomic E-state index is 0.0705. The van der Waals surface area contributed by atoms with E-state index in [1.807, 2.05) is 12.1 Å². The molecule has 4 fully saturated rings. The van der Waals surface area contributed by atoms with Gasteiger partial charge < -0.3 is 5.11 Å². The molecule has 5 aliphatic rings. The van der Waals surface area contributed by atoms with E-state index in [9.17, 15) is 13.5 Å². The Morgan fingerprint density at radius 2 is 1.61 bits per heavy atom. The van der Waals surface area contributed by atoms with Gasteiger partial charge in [-0.15, -0.1) is 0 Å². The molecule has 38 heavy (non-hydrogen) atoms. The molecule has 0 heterocycles. The first-order chi connectivity index (χ1) is 17.8. The van der Waals surface area contributed by atoms with Gasteiger partial charge >= 0.3 is 0 Å². The fourth-order valence-corrected chi connectivity index (χ4v) is 12.2. The third kappa shape index (κ3) is 3.88. The Bertz CT molecular complexity index is 1220. The third-order valence-corrected chi connectivity index (χ3v) is 13.7. The molecule has 8 atom stereocenters. The van der Waals surface area contributed by atoms with Crippen LogP contribution in [0, 0.1) is 51.2 Å². The van der Waals surface area contributed by atoms with Gasteiger partial charge in [0.1, 0.15) is 0 Å². The van der Waals surface area contributed by atoms with Crippen LogP contribution in [0.3, 0.4) is 0 Å². The van der Waals surface area contributed by atoms with E-state index in [4.69, 9.17) is 0 Å². The third-order valence-electron chi connectivity index (χ3n) is 13.1. The van der Waals surface area contributed by atoms with Crippen LogP contribution < -0.4 is 4.72 Å². The van der Waals surface area contributed by atoms with Gasteiger partial charge in [-0.2, -0.15) is 0 Å². The average Bonchev–Trinajstić information content (AvgIpc) is 3.28. The zero-order valence-electron chi connectivity index (χ0n) is 24.2. The smallest absolute Gasteiger partial charge is 0.229 e. The average molecular weight is 540 g/mol. The van der Waals surface area contributed by atoms with Gasteiger partial charge in [0.25, 0.3) is 0 Å². The lowest BCUT2D eigenvalue weighted by Gasteiger charge is -2.68. The Kier molecular flexibility index (Phi) is 6.25. The lowest BCUT2D eigenvalue weighted by molar-refractivity contribution is -0.181. The Morgan fingerprint density at radius 1 is 0.868 bits per heavy atom. The van der Waals surface area contributed by atoms with Crippen molar-refractivity contribution in [1.82, 2.24) is 0 Å². The van der Waals surface area contributed by atoms with Crippen molar-refractivity contribution in [3.8, 4) is 0 Å². The predicted octanol–water partition coefficient (Wildman–Crippen LogP) is 7.51. The fourth-order valence-electron chi connectivity index (χ4n) is 11.7. The Labute approximate surface area is 231 Å². The van der Waals surface area contributed by atoms with Crippen molar-refractivity contribution < 1.29 is 13.5 Å². The molecular weight excluding hydrogens is 490 g/mol. The number of sulfonamides is 1. The van der Waals surface area contributed by atoms with Crippen molar-refractivity contribution in [3.05, 3.63) is 35.9 Å². The maximum absolute atomic E-state index is 11.7. The molecule has 0 aromatic heterocycles. The van der Waals surface area contributed by atoms with Gasteiger partial charge in [0.15, 0.2) is 0 Å². The molecule has 4 saturated carbocycles. The van der Waals surface area contributed by atoms with Gasteiger partial charge in [-0.3, -0.25) is 4.72 Å². The number of anilines is 1. The zero-order valence-corrected chi connectivity index (χ0v) is 25.0. The van der Waals surface area contributed by atoms with Crippen molar-refractivity contribution in [1.29, 1.82) is 0 Å². The van der Waals surface area contributed by atoms with Crippen LogP contribution in [-0.2, 0) is 10.0 Å². The fraction of sp³-hybridized carbons (Fsp3) is 0.758. The van der Waals surface area contributed by atoms with Crippen LogP contribution in [0.1, 0.15) is 97.5 Å². The van der Waals surface area contributed by atoms with Crippen molar-refractivity contribution in [3.63, 3.8) is 0 Å². The monoisotopic (exact) mass is 539 g/mol. The van der Waals surface area contributed by atoms with Crippen LogP contribution in [0.25, 0.3) is 5.57 Å². The summed E-state index contributed by atoms with van der Waals surface area (Å²) in [5.41, 5.74) is 4.31. The molecule has 1 aromatic rings. The minimum atomic E-state index is -3.27. The number of hydrogen-bond acceptors (Lipinski definition) is 3. The van der Waals surface area contributed by atoms with Crippen LogP contribution >= 0.6 is 0 Å². The molecule has 0 amide bonds. The van der Waals surface area contributed by atoms with Gasteiger partial charge in [0.2, 0.25) is 10.0 Å². The van der Waals surface area contributed by atoms with Gasteiger partial charge in [0.05, 0.1) is 6.26 Å². The number of allylic oxidation sites excluding steroid dienone is 2. The van der Waals surface area contributed by atoms with E-state index in [2.05, 4.69) is 50.6 Å². The van der Waals surface area contributed by atoms with Crippen LogP contribution in [-0.4, -0.2) is 26.4 Å². The Balaban J connectivity index is 1.29. The molecular formula is C33H49NO3S. The van der Waals surface area contributed by atoms with E-state index < -0.39 is 10.0 Å². The molecule has 0 saturated heterocycles. The molecule has 0 radical (unpaired) electrons. The van der Waals surface area contributed by atoms with E-state index in [0.29, 0.717) is 29.0 Å². The highest BCUT2D eigenvalue weighted by Crippen LogP contribution is 2.73. The summed E-state index contributed by atoms with van der Waals surface area (Å²) >= 11 is 0. The molecule has 5 aliphatic carbocycles. The Hall–Kier alpha value is -1.33. The predicted molar refractivity (Wildman–Crippen MR) is 156 cm³/mol. The number of hydrogen-bond donors (Lipinski definition) is 2. The summed E-state index contributed by atoms with van der Waals surface area (Å²) in [6.45, 7) is 10.6. The molecule has 0 aliphatic heterocycles. The van der Waals surface area contributed by atoms with E-state index in [1.54, 1.807) is 0 Å². The van der Waals surface area contributed by atoms with E-state index in [-0.39, 0.29) is 10.8 Å². The first-order valence-electron chi connectivity index (χ1n) is 15.2. The first-order valence-corrected chi connectivity index (χ1v) is 17.1. The standard InChI is InChI=1S/C33H49NO3S/c1-30(2)25(22-8-10-23(11-9-22)34-38(5,36)37)14-18-32(4)28(30)16-19-31(3)26-15-20-33(21-35)17-6-7-27(33)24(26)12-13-29(31)32/h8-11,14,24,26-29,34-35H,6-7,12-13,15-21H2,1-5H3/t24-,26?,27?,28?,29?,31-,32-,33+/m0/s1. The normalized spacial score (nSPS) is 43.7. The lowest BCUT2D eigenvalue weighted by atomic mass is 9.36. The van der Waals surface area contributed by atoms with E-state index in [1.165, 1.54) is 75.2 Å². The summed E-state index contributed by atoms with van der Waals surface area (Å²) < 4.78 is 25.9. The highest BCUT2D eigenvalue weighted by Gasteiger charge is 2.65. The van der Waals surface area contributed by atoms with Gasteiger partial charge in [-0.25, -0.2) is 8.42 Å². The summed E-state index contributed by atoms with van der Waals surface area (Å²) in [4.78, 5) is 0. The summed E-state index contributed by atoms with van der Waals surface area (Å²) in [5, 5.41) is 10.4. The molecule has 0 spiro atoms. The van der Waals surface area contributed by atoms with Crippen LogP contribution in [0.4, 0.5) is 5.69 Å². The number of aliphatic hydroxyl groups excluding tert-OH is 1. The van der Waals surface area contributed by atoms with Crippen molar-refractivity contribution >= 4 is 21.3 Å². The van der Waals surface area contributed by atoms with Gasteiger partial charge in [-0.1, -0.05) is 52.3 Å². The molecule has 2 N–H and O–H groups in total. The van der Waals surface area contributed by atoms with Gasteiger partial charge in [-0.05, 0) is 132 Å². The molecule has 210 valence electrons. The van der Waals surface area contributed by atoms with Crippen molar-refractivity contribution in [2.75, 3.05) is 17.6 Å². The highest BCUT2D eigenvalue weighted by atomic mass is 32.2. The maximum atomic E-state index is 11.7. The SMILES string of the molecule is CC1(C)C(c2ccc(NS(C)(=O)=O)cc2)=CC[C@@]2(C)C1CC[C@@]1(C)C3CC[C@@]4(CO)CCCC4[C@H]3CCC12. The maximum Gasteiger partial charge on any atom is 0.229 e. The minimum Gasteiger partial charge on any atom is -0.396 e. The Morgan fingerprint density at radius 3 is 2.29 bits per heavy atom. The number of benzene rings is 1. The number of nitrogens with one attached hydrogen (secondary N) is 1. The second kappa shape index (κ2) is 8.83. The summed E-state index contributed by atoms with van der Waals surface area (Å²) in [6, 6.07) is 8.00. The molecule has 1 aromatic carbocycles. The van der Waals surface area contributed by atoms with Crippen LogP contribution in [0.2, 0.25) is 0 Å². The molecule has 4 unspecified atom stereocenters. The molecule has 6 rings (SSSR count). The molecule has 5 heteroatoms. The van der Waals surface area contributed by atoms with Gasteiger partial charge in [0, 0.05) is 12.3 Å². The van der Waals surface area contributed by atoms with Crippen LogP contribution in [0.15, 0.2) is 30.3 Å². The summed E-state index contributed by atoms with van der Waals surface area (Å²) in [6.07, 6.45) is 16.7. The molecule has 0 bridgehead atoms. The largest absolute Gasteiger partial charge is 0.396 e. The van der Waals surface area contributed by atoms with E-state index in [0.717, 1.165) is 30.1 Å². The first kappa shape index (κ1) is 26.9. The molecule has 4 nitrogen and oxygen atoms in total. The second-order valence-electron chi connectivity index (χ2n) is 15.1. The highest BCUT2D eigenvalue weighted by molar-refractivity contribution is 7.92. The topological polar surface area (TPSA) is 66.4 Å². The van der Waals surface area contributed by atoms with E-state index >= 15 is 0 Å². The number of fused-ring (bicyclic) bond motifs is 7. The summed E-state index contributed by atoms with van der Waals surface area (Å²) in [5.74, 6) is 3.80. The van der Waals surface area contributed by atoms with Crippen molar-refractivity contribution in [2.24, 2.45) is 51.2 Å². The van der Waals surface area contributed by atoms with Crippen LogP contribution in [0.5, 0.6) is 0 Å². The second-order valence-corrected chi connectivity index (χ2v) is 16.8. The zero-order chi connectivity index (χ0) is 27.1. The summed E-state index contributed by atoms with van der Waals surface area (Å²) in [7, 11) is -3.27. The quantitative estimate of drug-likeness (QED) is 0.416. The van der Waals surface area contributed by atoms with Crippen molar-refractivity contribution in [2.45, 2.75) is 91.9 Å².